The molecule has 0 saturated heterocycles. The Kier molecular flexibility index (Phi) is 4.30. The summed E-state index contributed by atoms with van der Waals surface area (Å²) in [6, 6.07) is 45.1. The SMILES string of the molecule is c1ccc(-c2cccc(-n3c4ccccc4c4ccc5c(c6ccccc6n6c7ccccc7nc56)c43)c2)nc1. The first-order chi connectivity index (χ1) is 19.9. The van der Waals surface area contributed by atoms with Gasteiger partial charge in [0.05, 0.1) is 33.3 Å². The zero-order chi connectivity index (χ0) is 26.2. The van der Waals surface area contributed by atoms with E-state index in [1.807, 2.05) is 18.3 Å². The summed E-state index contributed by atoms with van der Waals surface area (Å²) >= 11 is 0. The summed E-state index contributed by atoms with van der Waals surface area (Å²) in [5.74, 6) is 0. The lowest BCUT2D eigenvalue weighted by Crippen LogP contribution is -1.97. The molecule has 0 atom stereocenters. The summed E-state index contributed by atoms with van der Waals surface area (Å²) in [6.45, 7) is 0. The van der Waals surface area contributed by atoms with Gasteiger partial charge in [0.25, 0.3) is 0 Å². The van der Waals surface area contributed by atoms with Gasteiger partial charge in [-0.3, -0.25) is 9.38 Å². The molecule has 4 nitrogen and oxygen atoms in total. The van der Waals surface area contributed by atoms with Gasteiger partial charge in [-0.2, -0.15) is 0 Å². The van der Waals surface area contributed by atoms with Crippen molar-refractivity contribution in [2.75, 3.05) is 0 Å². The minimum atomic E-state index is 0.964. The summed E-state index contributed by atoms with van der Waals surface area (Å²) in [7, 11) is 0. The van der Waals surface area contributed by atoms with Gasteiger partial charge in [0.2, 0.25) is 0 Å². The van der Waals surface area contributed by atoms with Crippen molar-refractivity contribution in [3.05, 3.63) is 134 Å². The largest absolute Gasteiger partial charge is 0.309 e. The predicted molar refractivity (Wildman–Crippen MR) is 165 cm³/mol. The van der Waals surface area contributed by atoms with Gasteiger partial charge >= 0.3 is 0 Å². The van der Waals surface area contributed by atoms with E-state index in [1.54, 1.807) is 0 Å². The van der Waals surface area contributed by atoms with Gasteiger partial charge in [0.15, 0.2) is 0 Å². The molecule has 9 aromatic rings. The van der Waals surface area contributed by atoms with Gasteiger partial charge in [0.1, 0.15) is 5.65 Å². The summed E-state index contributed by atoms with van der Waals surface area (Å²) in [4.78, 5) is 9.78. The van der Waals surface area contributed by atoms with E-state index >= 15 is 0 Å². The molecular formula is C36H22N4. The number of nitrogens with zero attached hydrogens (tertiary/aromatic N) is 4. The second-order valence-corrected chi connectivity index (χ2v) is 10.3. The molecule has 4 aromatic heterocycles. The third kappa shape index (κ3) is 2.85. The van der Waals surface area contributed by atoms with E-state index in [9.17, 15) is 0 Å². The fraction of sp³-hybridized carbons (Fsp3) is 0. The van der Waals surface area contributed by atoms with Gasteiger partial charge < -0.3 is 4.57 Å². The Morgan fingerprint density at radius 1 is 0.525 bits per heavy atom. The fourth-order valence-electron chi connectivity index (χ4n) is 6.45. The molecule has 4 heterocycles. The lowest BCUT2D eigenvalue weighted by Gasteiger charge is -2.14. The van der Waals surface area contributed by atoms with E-state index in [-0.39, 0.29) is 0 Å². The van der Waals surface area contributed by atoms with E-state index in [1.165, 1.54) is 32.6 Å². The van der Waals surface area contributed by atoms with Crippen molar-refractivity contribution in [3.63, 3.8) is 0 Å². The molecule has 0 aliphatic carbocycles. The van der Waals surface area contributed by atoms with Crippen LogP contribution in [0.4, 0.5) is 0 Å². The predicted octanol–water partition coefficient (Wildman–Crippen LogP) is 8.95. The summed E-state index contributed by atoms with van der Waals surface area (Å²) in [5, 5.41) is 6.04. The van der Waals surface area contributed by atoms with Crippen LogP contribution in [0.1, 0.15) is 0 Å². The molecular weight excluding hydrogens is 488 g/mol. The topological polar surface area (TPSA) is 35.1 Å². The normalized spacial score (nSPS) is 12.0. The number of para-hydroxylation sites is 4. The second kappa shape index (κ2) is 8.01. The van der Waals surface area contributed by atoms with E-state index in [0.717, 1.165) is 44.5 Å². The Balaban J connectivity index is 1.51. The lowest BCUT2D eigenvalue weighted by molar-refractivity contribution is 1.18. The van der Waals surface area contributed by atoms with Gasteiger partial charge in [-0.05, 0) is 54.6 Å². The van der Waals surface area contributed by atoms with Crippen molar-refractivity contribution in [3.8, 4) is 16.9 Å². The molecule has 0 amide bonds. The number of imidazole rings is 1. The second-order valence-electron chi connectivity index (χ2n) is 10.3. The highest BCUT2D eigenvalue weighted by Crippen LogP contribution is 2.41. The van der Waals surface area contributed by atoms with Crippen molar-refractivity contribution in [1.29, 1.82) is 0 Å². The van der Waals surface area contributed by atoms with Crippen LogP contribution in [0.2, 0.25) is 0 Å². The Hall–Kier alpha value is -5.48. The van der Waals surface area contributed by atoms with Crippen LogP contribution in [-0.2, 0) is 0 Å². The number of pyridine rings is 2. The number of rotatable bonds is 2. The third-order valence-electron chi connectivity index (χ3n) is 8.12. The first-order valence-electron chi connectivity index (χ1n) is 13.5. The van der Waals surface area contributed by atoms with Gasteiger partial charge in [-0.1, -0.05) is 72.8 Å². The highest BCUT2D eigenvalue weighted by molar-refractivity contribution is 6.28. The van der Waals surface area contributed by atoms with Crippen LogP contribution in [-0.4, -0.2) is 18.9 Å². The van der Waals surface area contributed by atoms with Crippen LogP contribution in [0.15, 0.2) is 134 Å². The van der Waals surface area contributed by atoms with Crippen molar-refractivity contribution >= 4 is 60.2 Å². The quantitative estimate of drug-likeness (QED) is 0.218. The molecule has 186 valence electrons. The maximum atomic E-state index is 5.16. The first kappa shape index (κ1) is 21.5. The average molecular weight is 511 g/mol. The molecule has 0 spiro atoms. The molecule has 0 aliphatic heterocycles. The van der Waals surface area contributed by atoms with E-state index in [4.69, 9.17) is 4.98 Å². The maximum Gasteiger partial charge on any atom is 0.146 e. The Bertz CT molecular complexity index is 2430. The number of hydrogen-bond donors (Lipinski definition) is 0. The molecule has 40 heavy (non-hydrogen) atoms. The van der Waals surface area contributed by atoms with Gasteiger partial charge in [0, 0.05) is 44.4 Å². The van der Waals surface area contributed by atoms with Crippen LogP contribution >= 0.6 is 0 Å². The summed E-state index contributed by atoms with van der Waals surface area (Å²) < 4.78 is 4.73. The molecule has 0 unspecified atom stereocenters. The van der Waals surface area contributed by atoms with Crippen molar-refractivity contribution < 1.29 is 0 Å². The Morgan fingerprint density at radius 2 is 1.27 bits per heavy atom. The third-order valence-corrected chi connectivity index (χ3v) is 8.12. The van der Waals surface area contributed by atoms with Crippen molar-refractivity contribution in [1.82, 2.24) is 18.9 Å². The standard InChI is InChI=1S/C36H22N4/c1-4-16-31-25(12-1)26-19-20-28-34(35(26)39(31)24-11-9-10-23(22-24)29-14-7-8-21-37-29)27-13-2-5-17-32(27)40-33-18-6-3-15-30(33)38-36(28)40/h1-22H. The summed E-state index contributed by atoms with van der Waals surface area (Å²) in [6.07, 6.45) is 1.85. The van der Waals surface area contributed by atoms with Crippen LogP contribution in [0.25, 0.3) is 77.1 Å². The molecule has 0 fully saturated rings. The molecule has 0 aliphatic rings. The van der Waals surface area contributed by atoms with Gasteiger partial charge in [-0.25, -0.2) is 4.98 Å². The molecule has 0 radical (unpaired) electrons. The smallest absolute Gasteiger partial charge is 0.146 e. The molecule has 0 bridgehead atoms. The Labute approximate surface area is 229 Å². The monoisotopic (exact) mass is 510 g/mol. The number of hydrogen-bond acceptors (Lipinski definition) is 2. The highest BCUT2D eigenvalue weighted by Gasteiger charge is 2.20. The minimum Gasteiger partial charge on any atom is -0.309 e. The maximum absolute atomic E-state index is 5.16. The average Bonchev–Trinajstić information content (AvgIpc) is 3.58. The first-order valence-corrected chi connectivity index (χ1v) is 13.5. The van der Waals surface area contributed by atoms with Crippen LogP contribution < -0.4 is 0 Å². The van der Waals surface area contributed by atoms with Crippen molar-refractivity contribution in [2.45, 2.75) is 0 Å². The van der Waals surface area contributed by atoms with Crippen LogP contribution in [0, 0.1) is 0 Å². The molecule has 9 rings (SSSR count). The fourth-order valence-corrected chi connectivity index (χ4v) is 6.45. The lowest BCUT2D eigenvalue weighted by atomic mass is 10.0. The molecule has 5 aromatic carbocycles. The van der Waals surface area contributed by atoms with Crippen LogP contribution in [0.3, 0.4) is 0 Å². The highest BCUT2D eigenvalue weighted by atomic mass is 15.0. The number of fused-ring (bicyclic) bond motifs is 12. The zero-order valence-corrected chi connectivity index (χ0v) is 21.5. The zero-order valence-electron chi connectivity index (χ0n) is 21.5. The number of aromatic nitrogens is 4. The van der Waals surface area contributed by atoms with E-state index in [0.29, 0.717) is 0 Å². The molecule has 0 saturated carbocycles. The van der Waals surface area contributed by atoms with E-state index < -0.39 is 0 Å². The van der Waals surface area contributed by atoms with E-state index in [2.05, 4.69) is 129 Å². The number of benzene rings is 5. The van der Waals surface area contributed by atoms with Gasteiger partial charge in [-0.15, -0.1) is 0 Å². The Morgan fingerprint density at radius 3 is 2.15 bits per heavy atom. The molecule has 4 heteroatoms. The van der Waals surface area contributed by atoms with Crippen molar-refractivity contribution in [2.24, 2.45) is 0 Å². The molecule has 0 N–H and O–H groups in total. The van der Waals surface area contributed by atoms with Crippen LogP contribution in [0.5, 0.6) is 0 Å². The summed E-state index contributed by atoms with van der Waals surface area (Å²) in [5.41, 5.74) is 9.81. The minimum absolute atomic E-state index is 0.964.